The first-order chi connectivity index (χ1) is 7.33. The minimum absolute atomic E-state index is 0.372. The van der Waals surface area contributed by atoms with E-state index in [0.29, 0.717) is 11.4 Å². The fraction of sp³-hybridized carbons (Fsp3) is 0. The van der Waals surface area contributed by atoms with E-state index in [-0.39, 0.29) is 0 Å². The zero-order chi connectivity index (χ0) is 10.7. The van der Waals surface area contributed by atoms with Gasteiger partial charge in [-0.15, -0.1) is 0 Å². The summed E-state index contributed by atoms with van der Waals surface area (Å²) in [4.78, 5) is 13.7. The Morgan fingerprint density at radius 1 is 1.40 bits per heavy atom. The first-order valence-corrected chi connectivity index (χ1v) is 4.89. The highest BCUT2D eigenvalue weighted by Crippen LogP contribution is 2.34. The molecule has 0 saturated carbocycles. The van der Waals surface area contributed by atoms with E-state index in [1.54, 1.807) is 0 Å². The van der Waals surface area contributed by atoms with Gasteiger partial charge in [0.2, 0.25) is 6.08 Å². The topological polar surface area (TPSA) is 55.5 Å². The zero-order valence-electron chi connectivity index (χ0n) is 7.48. The molecule has 0 aliphatic heterocycles. The van der Waals surface area contributed by atoms with Crippen LogP contribution in [-0.4, -0.2) is 11.2 Å². The Morgan fingerprint density at radius 2 is 2.20 bits per heavy atom. The summed E-state index contributed by atoms with van der Waals surface area (Å²) in [6.45, 7) is 0. The van der Waals surface area contributed by atoms with Gasteiger partial charge >= 0.3 is 0 Å². The quantitative estimate of drug-likeness (QED) is 0.619. The molecule has 2 rings (SSSR count). The molecule has 0 N–H and O–H groups in total. The van der Waals surface area contributed by atoms with Crippen molar-refractivity contribution in [1.82, 2.24) is 5.16 Å². The Bertz CT molecular complexity index is 530. The molecule has 5 heteroatoms. The number of rotatable bonds is 2. The molecule has 0 aliphatic rings. The molecule has 0 radical (unpaired) electrons. The van der Waals surface area contributed by atoms with Crippen molar-refractivity contribution in [3.63, 3.8) is 0 Å². The minimum atomic E-state index is 0.372. The number of aromatic nitrogens is 1. The van der Waals surface area contributed by atoms with Crippen molar-refractivity contribution in [1.29, 1.82) is 0 Å². The molecule has 0 saturated heterocycles. The van der Waals surface area contributed by atoms with Gasteiger partial charge in [-0.05, 0) is 12.1 Å². The minimum Gasteiger partial charge on any atom is -0.354 e. The number of benzene rings is 1. The molecule has 0 amide bonds. The van der Waals surface area contributed by atoms with Gasteiger partial charge in [-0.25, -0.2) is 4.79 Å². The maximum atomic E-state index is 10.2. The monoisotopic (exact) mass is 264 g/mol. The second-order valence-electron chi connectivity index (χ2n) is 2.72. The number of halogens is 1. The number of isocyanates is 1. The van der Waals surface area contributed by atoms with Crippen LogP contribution in [0.3, 0.4) is 0 Å². The first kappa shape index (κ1) is 9.83. The second kappa shape index (κ2) is 4.21. The van der Waals surface area contributed by atoms with E-state index in [9.17, 15) is 4.79 Å². The summed E-state index contributed by atoms with van der Waals surface area (Å²) in [6.07, 6.45) is 2.83. The van der Waals surface area contributed by atoms with Gasteiger partial charge in [0, 0.05) is 10.0 Å². The van der Waals surface area contributed by atoms with E-state index < -0.39 is 0 Å². The lowest BCUT2D eigenvalue weighted by atomic mass is 10.1. The lowest BCUT2D eigenvalue weighted by molar-refractivity contribution is 0.432. The Balaban J connectivity index is 2.59. The van der Waals surface area contributed by atoms with E-state index in [0.717, 1.165) is 10.0 Å². The molecule has 0 bridgehead atoms. The molecule has 74 valence electrons. The van der Waals surface area contributed by atoms with Gasteiger partial charge in [-0.1, -0.05) is 33.2 Å². The standard InChI is InChI=1S/C10H5BrN2O2/c11-8-4-2-1-3-7(8)10-9(12-6-14)5-13-15-10/h1-5H. The highest BCUT2D eigenvalue weighted by atomic mass is 79.9. The SMILES string of the molecule is O=C=Nc1cnoc1-c1ccccc1Br. The van der Waals surface area contributed by atoms with Crippen molar-refractivity contribution in [2.24, 2.45) is 4.99 Å². The predicted molar refractivity (Wildman–Crippen MR) is 57.4 cm³/mol. The van der Waals surface area contributed by atoms with E-state index in [2.05, 4.69) is 26.1 Å². The summed E-state index contributed by atoms with van der Waals surface area (Å²) in [5, 5.41) is 3.59. The summed E-state index contributed by atoms with van der Waals surface area (Å²) in [5.74, 6) is 0.450. The molecule has 1 aromatic heterocycles. The molecule has 0 fully saturated rings. The van der Waals surface area contributed by atoms with Crippen molar-refractivity contribution in [2.75, 3.05) is 0 Å². The molecular formula is C10H5BrN2O2. The van der Waals surface area contributed by atoms with Crippen LogP contribution in [0.15, 0.2) is 44.5 Å². The third-order valence-electron chi connectivity index (χ3n) is 1.84. The average molecular weight is 265 g/mol. The van der Waals surface area contributed by atoms with Gasteiger partial charge in [-0.3, -0.25) is 0 Å². The summed E-state index contributed by atoms with van der Waals surface area (Å²) < 4.78 is 5.88. The first-order valence-electron chi connectivity index (χ1n) is 4.10. The summed E-state index contributed by atoms with van der Waals surface area (Å²) in [7, 11) is 0. The smallest absolute Gasteiger partial charge is 0.240 e. The van der Waals surface area contributed by atoms with E-state index in [4.69, 9.17) is 4.52 Å². The Kier molecular flexibility index (Phi) is 2.76. The molecule has 0 atom stereocenters. The van der Waals surface area contributed by atoms with Crippen molar-refractivity contribution >= 4 is 27.7 Å². The van der Waals surface area contributed by atoms with Gasteiger partial charge in [-0.2, -0.15) is 4.99 Å². The van der Waals surface area contributed by atoms with Crippen molar-refractivity contribution in [2.45, 2.75) is 0 Å². The molecule has 1 heterocycles. The van der Waals surface area contributed by atoms with Crippen LogP contribution in [-0.2, 0) is 4.79 Å². The summed E-state index contributed by atoms with van der Waals surface area (Å²) in [6, 6.07) is 7.45. The highest BCUT2D eigenvalue weighted by molar-refractivity contribution is 9.10. The van der Waals surface area contributed by atoms with Crippen LogP contribution < -0.4 is 0 Å². The van der Waals surface area contributed by atoms with E-state index >= 15 is 0 Å². The molecular weight excluding hydrogens is 260 g/mol. The van der Waals surface area contributed by atoms with Crippen LogP contribution in [0.5, 0.6) is 0 Å². The Morgan fingerprint density at radius 3 is 2.93 bits per heavy atom. The highest BCUT2D eigenvalue weighted by Gasteiger charge is 2.12. The number of hydrogen-bond acceptors (Lipinski definition) is 4. The summed E-state index contributed by atoms with van der Waals surface area (Å²) in [5.41, 5.74) is 1.17. The molecule has 1 aromatic carbocycles. The van der Waals surface area contributed by atoms with Crippen LogP contribution >= 0.6 is 15.9 Å². The molecule has 15 heavy (non-hydrogen) atoms. The van der Waals surface area contributed by atoms with E-state index in [1.807, 2.05) is 24.3 Å². The molecule has 2 aromatic rings. The number of hydrogen-bond donors (Lipinski definition) is 0. The molecule has 0 spiro atoms. The molecule has 0 unspecified atom stereocenters. The third-order valence-corrected chi connectivity index (χ3v) is 2.53. The zero-order valence-corrected chi connectivity index (χ0v) is 9.06. The average Bonchev–Trinajstić information content (AvgIpc) is 2.67. The maximum Gasteiger partial charge on any atom is 0.240 e. The Labute approximate surface area is 93.7 Å². The fourth-order valence-corrected chi connectivity index (χ4v) is 1.66. The van der Waals surface area contributed by atoms with Crippen molar-refractivity contribution < 1.29 is 9.32 Å². The lowest BCUT2D eigenvalue weighted by Crippen LogP contribution is -1.76. The van der Waals surface area contributed by atoms with Crippen LogP contribution in [0.25, 0.3) is 11.3 Å². The van der Waals surface area contributed by atoms with Crippen LogP contribution in [0, 0.1) is 0 Å². The number of aliphatic imine (C=N–C) groups is 1. The largest absolute Gasteiger partial charge is 0.354 e. The van der Waals surface area contributed by atoms with Crippen molar-refractivity contribution in [3.05, 3.63) is 34.9 Å². The van der Waals surface area contributed by atoms with Crippen LogP contribution in [0.4, 0.5) is 5.69 Å². The van der Waals surface area contributed by atoms with Gasteiger partial charge in [0.05, 0.1) is 6.20 Å². The normalized spacial score (nSPS) is 9.67. The Hall–Kier alpha value is -1.71. The molecule has 4 nitrogen and oxygen atoms in total. The van der Waals surface area contributed by atoms with Crippen LogP contribution in [0.1, 0.15) is 0 Å². The number of nitrogens with zero attached hydrogens (tertiary/aromatic N) is 2. The lowest BCUT2D eigenvalue weighted by Gasteiger charge is -1.98. The van der Waals surface area contributed by atoms with Crippen molar-refractivity contribution in [3.8, 4) is 11.3 Å². The van der Waals surface area contributed by atoms with Crippen LogP contribution in [0.2, 0.25) is 0 Å². The third kappa shape index (κ3) is 1.88. The van der Waals surface area contributed by atoms with Gasteiger partial charge in [0.25, 0.3) is 0 Å². The second-order valence-corrected chi connectivity index (χ2v) is 3.58. The van der Waals surface area contributed by atoms with E-state index in [1.165, 1.54) is 12.3 Å². The maximum absolute atomic E-state index is 10.2. The predicted octanol–water partition coefficient (Wildman–Crippen LogP) is 3.07. The summed E-state index contributed by atoms with van der Waals surface area (Å²) >= 11 is 3.37. The fourth-order valence-electron chi connectivity index (χ4n) is 1.20. The number of carbonyl (C=O) groups excluding carboxylic acids is 1. The molecule has 0 aliphatic carbocycles. The van der Waals surface area contributed by atoms with Gasteiger partial charge in [0.15, 0.2) is 5.76 Å². The van der Waals surface area contributed by atoms with Gasteiger partial charge in [0.1, 0.15) is 5.69 Å². The van der Waals surface area contributed by atoms with Gasteiger partial charge < -0.3 is 4.52 Å².